The number of methoxy groups -OCH3 is 1. The molecular formula is C21H34O2. The van der Waals surface area contributed by atoms with Crippen LogP contribution in [-0.2, 0) is 9.53 Å². The Labute approximate surface area is 142 Å². The third kappa shape index (κ3) is 3.72. The first-order valence-corrected chi connectivity index (χ1v) is 9.11. The summed E-state index contributed by atoms with van der Waals surface area (Å²) in [5.41, 5.74) is 3.34. The third-order valence-corrected chi connectivity index (χ3v) is 6.67. The molecule has 0 aliphatic heterocycles. The standard InChI is InChI=1S/C21H34O2/c1-15(14-19(22)23-6)8-10-17-16(2)9-11-18-20(3,4)12-7-13-21(17,18)5/h8,17-18H,2,7,9-14H2,1,3-6H3/b15-8-/t17-,18?,21+/m0/s1. The zero-order chi connectivity index (χ0) is 17.3. The van der Waals surface area contributed by atoms with Crippen LogP contribution < -0.4 is 0 Å². The predicted molar refractivity (Wildman–Crippen MR) is 96.1 cm³/mol. The Balaban J connectivity index is 2.17. The van der Waals surface area contributed by atoms with Crippen molar-refractivity contribution in [2.24, 2.45) is 22.7 Å². The van der Waals surface area contributed by atoms with Crippen molar-refractivity contribution in [2.45, 2.75) is 72.6 Å². The summed E-state index contributed by atoms with van der Waals surface area (Å²) in [7, 11) is 1.45. The van der Waals surface area contributed by atoms with Crippen molar-refractivity contribution in [1.29, 1.82) is 0 Å². The third-order valence-electron chi connectivity index (χ3n) is 6.67. The van der Waals surface area contributed by atoms with E-state index < -0.39 is 0 Å². The minimum atomic E-state index is -0.149. The van der Waals surface area contributed by atoms with E-state index in [1.807, 2.05) is 6.92 Å². The van der Waals surface area contributed by atoms with Crippen molar-refractivity contribution in [3.8, 4) is 0 Å². The van der Waals surface area contributed by atoms with Gasteiger partial charge in [-0.3, -0.25) is 4.79 Å². The van der Waals surface area contributed by atoms with Crippen LogP contribution in [0.5, 0.6) is 0 Å². The highest BCUT2D eigenvalue weighted by Crippen LogP contribution is 2.61. The fraction of sp³-hybridized carbons (Fsp3) is 0.762. The lowest BCUT2D eigenvalue weighted by molar-refractivity contribution is -0.139. The second-order valence-corrected chi connectivity index (χ2v) is 8.69. The normalized spacial score (nSPS) is 34.0. The summed E-state index contributed by atoms with van der Waals surface area (Å²) in [6.07, 6.45) is 10.1. The fourth-order valence-corrected chi connectivity index (χ4v) is 5.40. The molecule has 1 unspecified atom stereocenters. The van der Waals surface area contributed by atoms with Gasteiger partial charge in [0.1, 0.15) is 0 Å². The van der Waals surface area contributed by atoms with E-state index in [1.54, 1.807) is 0 Å². The number of carbonyl (C=O) groups is 1. The lowest BCUT2D eigenvalue weighted by Gasteiger charge is -2.58. The molecule has 0 saturated heterocycles. The summed E-state index contributed by atoms with van der Waals surface area (Å²) in [5, 5.41) is 0. The molecule has 3 atom stereocenters. The van der Waals surface area contributed by atoms with Crippen molar-refractivity contribution in [1.82, 2.24) is 0 Å². The average Bonchev–Trinajstić information content (AvgIpc) is 2.45. The molecule has 0 aromatic heterocycles. The van der Waals surface area contributed by atoms with E-state index in [1.165, 1.54) is 38.4 Å². The van der Waals surface area contributed by atoms with Crippen molar-refractivity contribution >= 4 is 5.97 Å². The largest absolute Gasteiger partial charge is 0.469 e. The van der Waals surface area contributed by atoms with Crippen LogP contribution in [0.1, 0.15) is 72.6 Å². The first-order valence-electron chi connectivity index (χ1n) is 9.11. The topological polar surface area (TPSA) is 26.3 Å². The van der Waals surface area contributed by atoms with Gasteiger partial charge < -0.3 is 4.74 Å². The maximum absolute atomic E-state index is 11.4. The maximum Gasteiger partial charge on any atom is 0.309 e. The second kappa shape index (κ2) is 6.83. The summed E-state index contributed by atoms with van der Waals surface area (Å²) in [6, 6.07) is 0. The lowest BCUT2D eigenvalue weighted by Crippen LogP contribution is -2.49. The lowest BCUT2D eigenvalue weighted by atomic mass is 9.47. The molecule has 0 aromatic carbocycles. The summed E-state index contributed by atoms with van der Waals surface area (Å²) < 4.78 is 4.77. The maximum atomic E-state index is 11.4. The van der Waals surface area contributed by atoms with E-state index in [0.717, 1.165) is 24.3 Å². The average molecular weight is 319 g/mol. The fourth-order valence-electron chi connectivity index (χ4n) is 5.40. The number of allylic oxidation sites excluding steroid dienone is 2. The van der Waals surface area contributed by atoms with E-state index in [-0.39, 0.29) is 5.97 Å². The Morgan fingerprint density at radius 2 is 2.04 bits per heavy atom. The summed E-state index contributed by atoms with van der Waals surface area (Å²) >= 11 is 0. The van der Waals surface area contributed by atoms with Crippen molar-refractivity contribution in [2.75, 3.05) is 7.11 Å². The molecule has 0 heterocycles. The van der Waals surface area contributed by atoms with Gasteiger partial charge in [-0.25, -0.2) is 0 Å². The smallest absolute Gasteiger partial charge is 0.309 e. The highest BCUT2D eigenvalue weighted by atomic mass is 16.5. The van der Waals surface area contributed by atoms with Gasteiger partial charge in [0.2, 0.25) is 0 Å². The molecule has 2 nitrogen and oxygen atoms in total. The van der Waals surface area contributed by atoms with Crippen LogP contribution in [0.2, 0.25) is 0 Å². The highest BCUT2D eigenvalue weighted by molar-refractivity contribution is 5.72. The molecule has 0 radical (unpaired) electrons. The van der Waals surface area contributed by atoms with Crippen LogP contribution in [0.3, 0.4) is 0 Å². The molecule has 0 amide bonds. The molecule has 0 aromatic rings. The molecule has 0 bridgehead atoms. The van der Waals surface area contributed by atoms with Gasteiger partial charge in [-0.2, -0.15) is 0 Å². The van der Waals surface area contributed by atoms with Crippen LogP contribution in [0.4, 0.5) is 0 Å². The number of fused-ring (bicyclic) bond motifs is 1. The molecule has 2 saturated carbocycles. The molecule has 0 N–H and O–H groups in total. The Morgan fingerprint density at radius 1 is 1.35 bits per heavy atom. The van der Waals surface area contributed by atoms with E-state index in [4.69, 9.17) is 4.74 Å². The summed E-state index contributed by atoms with van der Waals surface area (Å²) in [5.74, 6) is 1.19. The Bertz CT molecular complexity index is 500. The predicted octanol–water partition coefficient (Wildman–Crippen LogP) is 5.68. The molecule has 130 valence electrons. The van der Waals surface area contributed by atoms with Crippen molar-refractivity contribution in [3.05, 3.63) is 23.8 Å². The minimum Gasteiger partial charge on any atom is -0.469 e. The van der Waals surface area contributed by atoms with Gasteiger partial charge >= 0.3 is 5.97 Å². The molecule has 2 rings (SSSR count). The van der Waals surface area contributed by atoms with Crippen LogP contribution >= 0.6 is 0 Å². The number of hydrogen-bond donors (Lipinski definition) is 0. The second-order valence-electron chi connectivity index (χ2n) is 8.69. The number of rotatable bonds is 4. The Morgan fingerprint density at radius 3 is 2.70 bits per heavy atom. The van der Waals surface area contributed by atoms with Gasteiger partial charge in [0.15, 0.2) is 0 Å². The minimum absolute atomic E-state index is 0.149. The molecule has 2 fully saturated rings. The van der Waals surface area contributed by atoms with Gasteiger partial charge in [0.25, 0.3) is 0 Å². The van der Waals surface area contributed by atoms with Crippen LogP contribution in [0, 0.1) is 22.7 Å². The van der Waals surface area contributed by atoms with E-state index in [9.17, 15) is 4.79 Å². The van der Waals surface area contributed by atoms with Gasteiger partial charge in [-0.05, 0) is 61.7 Å². The van der Waals surface area contributed by atoms with Crippen LogP contribution in [0.25, 0.3) is 0 Å². The van der Waals surface area contributed by atoms with Gasteiger partial charge in [0.05, 0.1) is 13.5 Å². The van der Waals surface area contributed by atoms with E-state index >= 15 is 0 Å². The van der Waals surface area contributed by atoms with E-state index in [0.29, 0.717) is 23.2 Å². The molecule has 2 aliphatic carbocycles. The van der Waals surface area contributed by atoms with Gasteiger partial charge in [0, 0.05) is 0 Å². The SMILES string of the molecule is C=C1CCC2C(C)(C)CCC[C@]2(C)[C@H]1C/C=C(/C)CC(=O)OC. The molecule has 0 spiro atoms. The van der Waals surface area contributed by atoms with Crippen molar-refractivity contribution in [3.63, 3.8) is 0 Å². The van der Waals surface area contributed by atoms with Gasteiger partial charge in [-0.15, -0.1) is 0 Å². The number of carbonyl (C=O) groups excluding carboxylic acids is 1. The van der Waals surface area contributed by atoms with Crippen LogP contribution in [-0.4, -0.2) is 13.1 Å². The Kier molecular flexibility index (Phi) is 5.43. The number of hydrogen-bond acceptors (Lipinski definition) is 2. The van der Waals surface area contributed by atoms with Crippen molar-refractivity contribution < 1.29 is 9.53 Å². The first-order chi connectivity index (χ1) is 10.7. The number of esters is 1. The number of ether oxygens (including phenoxy) is 1. The monoisotopic (exact) mass is 318 g/mol. The molecule has 2 aliphatic rings. The molecule has 23 heavy (non-hydrogen) atoms. The zero-order valence-electron chi connectivity index (χ0n) is 15.7. The molecule has 2 heteroatoms. The quantitative estimate of drug-likeness (QED) is 0.492. The zero-order valence-corrected chi connectivity index (χ0v) is 15.7. The van der Waals surface area contributed by atoms with Gasteiger partial charge in [-0.1, -0.05) is 51.0 Å². The van der Waals surface area contributed by atoms with Crippen LogP contribution in [0.15, 0.2) is 23.8 Å². The first kappa shape index (κ1) is 18.3. The summed E-state index contributed by atoms with van der Waals surface area (Å²) in [6.45, 7) is 13.9. The Hall–Kier alpha value is -1.05. The molecular weight excluding hydrogens is 284 g/mol. The van der Waals surface area contributed by atoms with E-state index in [2.05, 4.69) is 33.4 Å². The summed E-state index contributed by atoms with van der Waals surface area (Å²) in [4.78, 5) is 11.4. The highest BCUT2D eigenvalue weighted by Gasteiger charge is 2.52.